The Balaban J connectivity index is 2.06. The van der Waals surface area contributed by atoms with Crippen LogP contribution in [-0.2, 0) is 12.4 Å². The molecule has 0 aliphatic heterocycles. The van der Waals surface area contributed by atoms with Gasteiger partial charge in [-0.05, 0) is 18.9 Å². The summed E-state index contributed by atoms with van der Waals surface area (Å²) in [6.45, 7) is 5.13. The minimum Gasteiger partial charge on any atom is -0.331 e. The summed E-state index contributed by atoms with van der Waals surface area (Å²) in [4.78, 5) is 4.20. The number of imidazole rings is 1. The lowest BCUT2D eigenvalue weighted by Crippen LogP contribution is -2.08. The van der Waals surface area contributed by atoms with Crippen LogP contribution in [0.25, 0.3) is 0 Å². The number of hydrogen-bond acceptors (Lipinski definition) is 2. The molecule has 5 heteroatoms. The van der Waals surface area contributed by atoms with E-state index in [1.165, 1.54) is 0 Å². The Hall–Kier alpha value is -1.29. The van der Waals surface area contributed by atoms with E-state index in [9.17, 15) is 0 Å². The molecule has 0 fully saturated rings. The van der Waals surface area contributed by atoms with Crippen molar-refractivity contribution in [2.24, 2.45) is 0 Å². The molecule has 0 aromatic carbocycles. The number of rotatable bonds is 6. The monoisotopic (exact) mass is 266 g/mol. The fourth-order valence-corrected chi connectivity index (χ4v) is 2.21. The standard InChI is InChI=1S/C13H19ClN4/c1-3-13(4-2)18-6-5-11(16-18)8-17-9-12(7-14)15-10-17/h5-6,9-10,13H,3-4,7-8H2,1-2H3. The van der Waals surface area contributed by atoms with Crippen molar-refractivity contribution in [1.82, 2.24) is 19.3 Å². The van der Waals surface area contributed by atoms with Gasteiger partial charge in [-0.2, -0.15) is 5.10 Å². The lowest BCUT2D eigenvalue weighted by Gasteiger charge is -2.12. The SMILES string of the molecule is CCC(CC)n1ccc(Cn2cnc(CCl)c2)n1. The molecule has 2 aromatic rings. The zero-order chi connectivity index (χ0) is 13.0. The van der Waals surface area contributed by atoms with Crippen molar-refractivity contribution in [3.63, 3.8) is 0 Å². The van der Waals surface area contributed by atoms with Crippen LogP contribution in [0.2, 0.25) is 0 Å². The van der Waals surface area contributed by atoms with Crippen LogP contribution in [0.15, 0.2) is 24.8 Å². The summed E-state index contributed by atoms with van der Waals surface area (Å²) in [5.74, 6) is 0.454. The average molecular weight is 267 g/mol. The molecule has 0 atom stereocenters. The predicted molar refractivity (Wildman–Crippen MR) is 72.7 cm³/mol. The molecule has 0 amide bonds. The summed E-state index contributed by atoms with van der Waals surface area (Å²) in [5.41, 5.74) is 1.96. The van der Waals surface area contributed by atoms with E-state index in [1.54, 1.807) is 6.33 Å². The first-order chi connectivity index (χ1) is 8.76. The normalized spacial score (nSPS) is 11.3. The fourth-order valence-electron chi connectivity index (χ4n) is 2.08. The van der Waals surface area contributed by atoms with Gasteiger partial charge in [-0.3, -0.25) is 4.68 Å². The first kappa shape index (κ1) is 13.1. The Kier molecular flexibility index (Phi) is 4.42. The third kappa shape index (κ3) is 2.93. The van der Waals surface area contributed by atoms with Gasteiger partial charge in [0.15, 0.2) is 0 Å². The Morgan fingerprint density at radius 1 is 1.28 bits per heavy atom. The van der Waals surface area contributed by atoms with Gasteiger partial charge in [0.2, 0.25) is 0 Å². The van der Waals surface area contributed by atoms with E-state index in [0.717, 1.165) is 30.8 Å². The second-order valence-corrected chi connectivity index (χ2v) is 4.70. The minimum absolute atomic E-state index is 0.454. The van der Waals surface area contributed by atoms with Crippen molar-refractivity contribution in [2.45, 2.75) is 45.2 Å². The Morgan fingerprint density at radius 2 is 2.06 bits per heavy atom. The van der Waals surface area contributed by atoms with Crippen LogP contribution >= 0.6 is 11.6 Å². The Labute approximate surface area is 113 Å². The molecule has 0 radical (unpaired) electrons. The molecule has 2 aromatic heterocycles. The van der Waals surface area contributed by atoms with Crippen LogP contribution in [0.5, 0.6) is 0 Å². The quantitative estimate of drug-likeness (QED) is 0.753. The van der Waals surface area contributed by atoms with E-state index in [-0.39, 0.29) is 0 Å². The van der Waals surface area contributed by atoms with Crippen LogP contribution < -0.4 is 0 Å². The second-order valence-electron chi connectivity index (χ2n) is 4.43. The van der Waals surface area contributed by atoms with Gasteiger partial charge in [0.1, 0.15) is 0 Å². The summed E-state index contributed by atoms with van der Waals surface area (Å²) in [5, 5.41) is 4.62. The third-order valence-corrected chi connectivity index (χ3v) is 3.42. The highest BCUT2D eigenvalue weighted by molar-refractivity contribution is 6.16. The van der Waals surface area contributed by atoms with E-state index < -0.39 is 0 Å². The summed E-state index contributed by atoms with van der Waals surface area (Å²) in [6, 6.07) is 2.57. The number of nitrogens with zero attached hydrogens (tertiary/aromatic N) is 4. The van der Waals surface area contributed by atoms with Crippen LogP contribution in [0.4, 0.5) is 0 Å². The van der Waals surface area contributed by atoms with Gasteiger partial charge >= 0.3 is 0 Å². The van der Waals surface area contributed by atoms with Crippen molar-refractivity contribution in [3.8, 4) is 0 Å². The van der Waals surface area contributed by atoms with Gasteiger partial charge in [-0.15, -0.1) is 11.6 Å². The number of halogens is 1. The molecule has 2 rings (SSSR count). The fraction of sp³-hybridized carbons (Fsp3) is 0.538. The van der Waals surface area contributed by atoms with Crippen LogP contribution in [-0.4, -0.2) is 19.3 Å². The van der Waals surface area contributed by atoms with Crippen LogP contribution in [0.1, 0.15) is 44.1 Å². The number of alkyl halides is 1. The van der Waals surface area contributed by atoms with E-state index in [0.29, 0.717) is 11.9 Å². The molecule has 0 spiro atoms. The second kappa shape index (κ2) is 6.05. The number of hydrogen-bond donors (Lipinski definition) is 0. The molecule has 0 N–H and O–H groups in total. The smallest absolute Gasteiger partial charge is 0.0953 e. The van der Waals surface area contributed by atoms with Gasteiger partial charge in [-0.25, -0.2) is 4.98 Å². The van der Waals surface area contributed by atoms with E-state index in [2.05, 4.69) is 40.9 Å². The van der Waals surface area contributed by atoms with E-state index >= 15 is 0 Å². The molecule has 0 unspecified atom stereocenters. The zero-order valence-corrected chi connectivity index (χ0v) is 11.6. The van der Waals surface area contributed by atoms with Gasteiger partial charge in [0.05, 0.1) is 36.2 Å². The summed E-state index contributed by atoms with van der Waals surface area (Å²) >= 11 is 5.73. The lowest BCUT2D eigenvalue weighted by molar-refractivity contribution is 0.424. The molecule has 18 heavy (non-hydrogen) atoms. The average Bonchev–Trinajstić information content (AvgIpc) is 3.01. The van der Waals surface area contributed by atoms with Crippen molar-refractivity contribution >= 4 is 11.6 Å². The molecular formula is C13H19ClN4. The van der Waals surface area contributed by atoms with Gasteiger partial charge in [-0.1, -0.05) is 13.8 Å². The molecule has 2 heterocycles. The molecule has 0 saturated heterocycles. The summed E-state index contributed by atoms with van der Waals surface area (Å²) < 4.78 is 4.08. The van der Waals surface area contributed by atoms with Gasteiger partial charge in [0.25, 0.3) is 0 Å². The first-order valence-corrected chi connectivity index (χ1v) is 6.90. The highest BCUT2D eigenvalue weighted by atomic mass is 35.5. The molecule has 0 bridgehead atoms. The highest BCUT2D eigenvalue weighted by Crippen LogP contribution is 2.15. The van der Waals surface area contributed by atoms with E-state index in [4.69, 9.17) is 11.6 Å². The molecule has 0 aliphatic rings. The van der Waals surface area contributed by atoms with Crippen molar-refractivity contribution in [3.05, 3.63) is 36.2 Å². The largest absolute Gasteiger partial charge is 0.331 e. The van der Waals surface area contributed by atoms with Crippen LogP contribution in [0.3, 0.4) is 0 Å². The molecule has 4 nitrogen and oxygen atoms in total. The molecule has 0 saturated carbocycles. The lowest BCUT2D eigenvalue weighted by atomic mass is 10.2. The first-order valence-electron chi connectivity index (χ1n) is 6.37. The Bertz CT molecular complexity index is 485. The summed E-state index contributed by atoms with van der Waals surface area (Å²) in [6.07, 6.45) is 8.04. The molecular weight excluding hydrogens is 248 g/mol. The third-order valence-electron chi connectivity index (χ3n) is 3.15. The zero-order valence-electron chi connectivity index (χ0n) is 10.9. The minimum atomic E-state index is 0.454. The highest BCUT2D eigenvalue weighted by Gasteiger charge is 2.08. The maximum atomic E-state index is 5.73. The maximum Gasteiger partial charge on any atom is 0.0953 e. The van der Waals surface area contributed by atoms with Crippen molar-refractivity contribution in [1.29, 1.82) is 0 Å². The van der Waals surface area contributed by atoms with E-state index in [1.807, 2.05) is 10.8 Å². The Morgan fingerprint density at radius 3 is 2.67 bits per heavy atom. The predicted octanol–water partition coefficient (Wildman–Crippen LogP) is 3.23. The molecule has 0 aliphatic carbocycles. The van der Waals surface area contributed by atoms with Gasteiger partial charge in [0, 0.05) is 12.4 Å². The summed E-state index contributed by atoms with van der Waals surface area (Å²) in [7, 11) is 0. The molecule has 98 valence electrons. The topological polar surface area (TPSA) is 35.6 Å². The van der Waals surface area contributed by atoms with Crippen molar-refractivity contribution < 1.29 is 0 Å². The van der Waals surface area contributed by atoms with Gasteiger partial charge < -0.3 is 4.57 Å². The maximum absolute atomic E-state index is 5.73. The number of aromatic nitrogens is 4. The van der Waals surface area contributed by atoms with Crippen molar-refractivity contribution in [2.75, 3.05) is 0 Å². The van der Waals surface area contributed by atoms with Crippen LogP contribution in [0, 0.1) is 0 Å².